The summed E-state index contributed by atoms with van der Waals surface area (Å²) in [5.74, 6) is 0. The molecule has 4 heteroatoms. The third-order valence-electron chi connectivity index (χ3n) is 2.85. The second-order valence-electron chi connectivity index (χ2n) is 5.42. The largest absolute Gasteiger partial charge is 4.00 e. The molecule has 0 atom stereocenters. The van der Waals surface area contributed by atoms with E-state index in [2.05, 4.69) is 62.3 Å². The van der Waals surface area contributed by atoms with Crippen LogP contribution in [0.2, 0.25) is 0 Å². The van der Waals surface area contributed by atoms with Crippen LogP contribution in [0.5, 0.6) is 0 Å². The molecule has 0 aliphatic heterocycles. The van der Waals surface area contributed by atoms with Crippen LogP contribution in [0.4, 0.5) is 0 Å². The smallest absolute Gasteiger partial charge is 1.00 e. The number of aromatic nitrogens is 1. The Morgan fingerprint density at radius 3 is 2.24 bits per heavy atom. The van der Waals surface area contributed by atoms with Gasteiger partial charge in [-0.25, -0.2) is 12.2 Å². The summed E-state index contributed by atoms with van der Waals surface area (Å²) in [5, 5.41) is 1.29. The van der Waals surface area contributed by atoms with Gasteiger partial charge in [0.05, 0.1) is 0 Å². The van der Waals surface area contributed by atoms with Crippen molar-refractivity contribution in [3.8, 4) is 0 Å². The summed E-state index contributed by atoms with van der Waals surface area (Å²) in [6.45, 7) is 6.62. The van der Waals surface area contributed by atoms with Gasteiger partial charge in [-0.15, -0.1) is 35.8 Å². The van der Waals surface area contributed by atoms with E-state index in [0.29, 0.717) is 0 Å². The molecule has 1 aliphatic rings. The predicted octanol–water partition coefficient (Wildman–Crippen LogP) is -1.42. The maximum absolute atomic E-state index is 3.23. The van der Waals surface area contributed by atoms with Crippen molar-refractivity contribution < 1.29 is 46.5 Å². The Hall–Kier alpha value is -0.466. The van der Waals surface area contributed by atoms with Gasteiger partial charge in [0.2, 0.25) is 0 Å². The molecular weight excluding hydrogens is 337 g/mol. The molecule has 21 heavy (non-hydrogen) atoms. The van der Waals surface area contributed by atoms with Crippen LogP contribution in [0.3, 0.4) is 0 Å². The minimum atomic E-state index is 0. The average molecular weight is 356 g/mol. The number of H-pyrrole nitrogens is 1. The first-order valence-electron chi connectivity index (χ1n) is 6.29. The van der Waals surface area contributed by atoms with Crippen molar-refractivity contribution in [2.75, 3.05) is 0 Å². The van der Waals surface area contributed by atoms with Crippen LogP contribution in [0.25, 0.3) is 10.9 Å². The second-order valence-corrected chi connectivity index (χ2v) is 5.42. The zero-order valence-electron chi connectivity index (χ0n) is 12.5. The zero-order valence-corrected chi connectivity index (χ0v) is 15.6. The summed E-state index contributed by atoms with van der Waals surface area (Å²) < 4.78 is 0. The average Bonchev–Trinajstić information content (AvgIpc) is 3.01. The Kier molecular flexibility index (Phi) is 11.2. The van der Waals surface area contributed by atoms with Gasteiger partial charge in [-0.1, -0.05) is 32.9 Å². The van der Waals surface area contributed by atoms with Crippen molar-refractivity contribution in [1.82, 2.24) is 4.98 Å². The van der Waals surface area contributed by atoms with Crippen molar-refractivity contribution >= 4 is 10.9 Å². The molecule has 1 N–H and O–H groups in total. The molecule has 2 aromatic rings. The molecule has 0 radical (unpaired) electrons. The Labute approximate surface area is 155 Å². The molecule has 0 saturated heterocycles. The van der Waals surface area contributed by atoms with Crippen LogP contribution in [-0.2, 0) is 27.1 Å². The fourth-order valence-electron chi connectivity index (χ4n) is 1.94. The number of hydrogen-bond acceptors (Lipinski definition) is 0. The van der Waals surface area contributed by atoms with E-state index in [-0.39, 0.29) is 51.9 Å². The standard InChI is InChI=1S/C12H14N.C5H5.2ClH.Ti/c1-12(2,3)10-8-13-11-7-5-4-6-9(10)11;1-2-4-5-3-1;;;/h4-7,13H,1-3H3;1-3H,4H2;2*1H;/q2*-1;;;+4/p-2. The van der Waals surface area contributed by atoms with Gasteiger partial charge in [-0.05, 0) is 5.41 Å². The van der Waals surface area contributed by atoms with E-state index in [0.717, 1.165) is 6.42 Å². The molecule has 0 fully saturated rings. The molecule has 110 valence electrons. The van der Waals surface area contributed by atoms with Gasteiger partial charge >= 0.3 is 21.7 Å². The number of para-hydroxylation sites is 1. The van der Waals surface area contributed by atoms with Gasteiger partial charge in [-0.2, -0.15) is 11.5 Å². The van der Waals surface area contributed by atoms with Crippen LogP contribution >= 0.6 is 0 Å². The summed E-state index contributed by atoms with van der Waals surface area (Å²) in [7, 11) is 0. The summed E-state index contributed by atoms with van der Waals surface area (Å²) in [6, 6.07) is 8.34. The second kappa shape index (κ2) is 10.3. The molecule has 1 aromatic carbocycles. The van der Waals surface area contributed by atoms with Gasteiger partial charge in [0.15, 0.2) is 0 Å². The molecular formula is C17H19Cl2NTi. The number of fused-ring (bicyclic) bond motifs is 1. The molecule has 1 aromatic heterocycles. The first-order chi connectivity index (χ1) is 8.59. The number of benzene rings is 1. The molecule has 0 spiro atoms. The maximum atomic E-state index is 3.23. The molecule has 3 rings (SSSR count). The monoisotopic (exact) mass is 355 g/mol. The van der Waals surface area contributed by atoms with Gasteiger partial charge in [-0.3, -0.25) is 6.08 Å². The van der Waals surface area contributed by atoms with E-state index in [4.69, 9.17) is 0 Å². The predicted molar refractivity (Wildman–Crippen MR) is 77.4 cm³/mol. The summed E-state index contributed by atoms with van der Waals surface area (Å²) in [6.07, 6.45) is 13.2. The van der Waals surface area contributed by atoms with Crippen molar-refractivity contribution in [3.05, 3.63) is 60.3 Å². The van der Waals surface area contributed by atoms with E-state index in [1.165, 1.54) is 16.5 Å². The quantitative estimate of drug-likeness (QED) is 0.441. The Balaban J connectivity index is 0. The molecule has 1 nitrogen and oxygen atoms in total. The number of allylic oxidation sites excluding steroid dienone is 4. The Morgan fingerprint density at radius 1 is 1.10 bits per heavy atom. The number of aromatic amines is 1. The summed E-state index contributed by atoms with van der Waals surface area (Å²) >= 11 is 0. The Bertz CT molecular complexity index is 570. The van der Waals surface area contributed by atoms with Gasteiger partial charge in [0, 0.05) is 0 Å². The van der Waals surface area contributed by atoms with E-state index in [1.54, 1.807) is 0 Å². The minimum Gasteiger partial charge on any atom is -1.00 e. The van der Waals surface area contributed by atoms with E-state index in [9.17, 15) is 0 Å². The van der Waals surface area contributed by atoms with Crippen LogP contribution in [-0.4, -0.2) is 4.98 Å². The van der Waals surface area contributed by atoms with E-state index in [1.807, 2.05) is 18.2 Å². The SMILES string of the molecule is CC(C)(C)c1[c-][nH]c2ccccc12.[C-]1=CC=CC1.[Cl-].[Cl-].[Ti+4]. The third kappa shape index (κ3) is 6.44. The van der Waals surface area contributed by atoms with Gasteiger partial charge in [0.1, 0.15) is 0 Å². The number of hydrogen-bond donors (Lipinski definition) is 1. The fourth-order valence-corrected chi connectivity index (χ4v) is 1.94. The number of rotatable bonds is 0. The third-order valence-corrected chi connectivity index (χ3v) is 2.85. The molecule has 1 heterocycles. The summed E-state index contributed by atoms with van der Waals surface area (Å²) in [5.41, 5.74) is 2.61. The normalized spacial score (nSPS) is 11.8. The first kappa shape index (κ1) is 22.8. The minimum absolute atomic E-state index is 0. The molecule has 0 amide bonds. The van der Waals surface area contributed by atoms with Crippen LogP contribution in [0.1, 0.15) is 32.8 Å². The van der Waals surface area contributed by atoms with Crippen LogP contribution < -0.4 is 24.8 Å². The van der Waals surface area contributed by atoms with Crippen LogP contribution in [0, 0.1) is 12.3 Å². The Morgan fingerprint density at radius 2 is 1.76 bits per heavy atom. The van der Waals surface area contributed by atoms with Crippen molar-refractivity contribution in [3.63, 3.8) is 0 Å². The fraction of sp³-hybridized carbons (Fsp3) is 0.294. The first-order valence-corrected chi connectivity index (χ1v) is 6.29. The summed E-state index contributed by atoms with van der Waals surface area (Å²) in [4.78, 5) is 3.17. The molecule has 1 aliphatic carbocycles. The van der Waals surface area contributed by atoms with Crippen LogP contribution in [0.15, 0.2) is 42.5 Å². The van der Waals surface area contributed by atoms with Crippen molar-refractivity contribution in [1.29, 1.82) is 0 Å². The van der Waals surface area contributed by atoms with Crippen molar-refractivity contribution in [2.45, 2.75) is 32.6 Å². The maximum Gasteiger partial charge on any atom is 4.00 e. The topological polar surface area (TPSA) is 15.8 Å². The number of nitrogens with one attached hydrogen (secondary N) is 1. The molecule has 0 bridgehead atoms. The van der Waals surface area contributed by atoms with Crippen molar-refractivity contribution in [2.24, 2.45) is 0 Å². The molecule has 0 saturated carbocycles. The van der Waals surface area contributed by atoms with E-state index < -0.39 is 0 Å². The van der Waals surface area contributed by atoms with Gasteiger partial charge in [0.25, 0.3) is 0 Å². The zero-order chi connectivity index (χ0) is 13.0. The molecule has 0 unspecified atom stereocenters. The van der Waals surface area contributed by atoms with Gasteiger partial charge < -0.3 is 29.8 Å². The van der Waals surface area contributed by atoms with E-state index >= 15 is 0 Å². The number of halogens is 2.